The summed E-state index contributed by atoms with van der Waals surface area (Å²) in [4.78, 5) is 13.4. The van der Waals surface area contributed by atoms with Gasteiger partial charge >= 0.3 is 5.97 Å². The zero-order chi connectivity index (χ0) is 17.1. The topological polar surface area (TPSA) is 71.0 Å². The van der Waals surface area contributed by atoms with Gasteiger partial charge in [-0.2, -0.15) is 0 Å². The molecular formula is C18H26N2O4. The Hall–Kier alpha value is -1.79. The Kier molecular flexibility index (Phi) is 5.26. The number of carboxylic acid groups (broad SMARTS) is 1. The maximum absolute atomic E-state index is 11.1. The van der Waals surface area contributed by atoms with Crippen LogP contribution in [0.1, 0.15) is 30.9 Å². The van der Waals surface area contributed by atoms with Crippen LogP contribution in [0.3, 0.4) is 0 Å². The molecule has 2 fully saturated rings. The van der Waals surface area contributed by atoms with Crippen molar-refractivity contribution in [2.45, 2.75) is 31.4 Å². The molecule has 2 aliphatic heterocycles. The van der Waals surface area contributed by atoms with Crippen molar-refractivity contribution < 1.29 is 19.4 Å². The predicted molar refractivity (Wildman–Crippen MR) is 90.6 cm³/mol. The minimum atomic E-state index is -0.737. The number of piperidine rings is 1. The predicted octanol–water partition coefficient (Wildman–Crippen LogP) is 1.90. The number of carboxylic acids is 1. The van der Waals surface area contributed by atoms with Crippen LogP contribution in [0, 0.1) is 5.92 Å². The van der Waals surface area contributed by atoms with Gasteiger partial charge in [0.1, 0.15) is 6.10 Å². The van der Waals surface area contributed by atoms with Gasteiger partial charge in [0.2, 0.25) is 0 Å². The molecule has 2 unspecified atom stereocenters. The number of rotatable bonds is 5. The van der Waals surface area contributed by atoms with Crippen molar-refractivity contribution in [3.63, 3.8) is 0 Å². The van der Waals surface area contributed by atoms with Crippen LogP contribution in [0.15, 0.2) is 18.2 Å². The molecule has 0 aromatic heterocycles. The molecule has 0 bridgehead atoms. The smallest absolute Gasteiger partial charge is 0.307 e. The minimum Gasteiger partial charge on any atom is -0.493 e. The van der Waals surface area contributed by atoms with Crippen LogP contribution in [0.5, 0.6) is 11.5 Å². The lowest BCUT2D eigenvalue weighted by Gasteiger charge is -2.29. The fraction of sp³-hybridized carbons (Fsp3) is 0.611. The first-order valence-electron chi connectivity index (χ1n) is 8.56. The molecule has 1 aromatic rings. The Morgan fingerprint density at radius 3 is 2.67 bits per heavy atom. The van der Waals surface area contributed by atoms with E-state index in [4.69, 9.17) is 14.6 Å². The standard InChI is InChI=1S/C18H26N2O4/c1-20-7-5-14(6-8-20)24-16-4-3-12(10-17(16)23-2)15-9-13(11-19-15)18(21)22/h3-4,10,13-15,19H,5-9,11H2,1-2H3,(H,21,22). The van der Waals surface area contributed by atoms with Crippen molar-refractivity contribution in [2.24, 2.45) is 5.92 Å². The lowest BCUT2D eigenvalue weighted by Crippen LogP contribution is -2.35. The molecule has 6 nitrogen and oxygen atoms in total. The van der Waals surface area contributed by atoms with Gasteiger partial charge < -0.3 is 24.8 Å². The summed E-state index contributed by atoms with van der Waals surface area (Å²) < 4.78 is 11.6. The number of hydrogen-bond acceptors (Lipinski definition) is 5. The van der Waals surface area contributed by atoms with Crippen LogP contribution in [-0.2, 0) is 4.79 Å². The molecule has 2 atom stereocenters. The first-order chi connectivity index (χ1) is 11.6. The van der Waals surface area contributed by atoms with Crippen molar-refractivity contribution in [3.05, 3.63) is 23.8 Å². The second-order valence-corrected chi connectivity index (χ2v) is 6.76. The van der Waals surface area contributed by atoms with E-state index in [1.54, 1.807) is 7.11 Å². The van der Waals surface area contributed by atoms with Gasteiger partial charge in [-0.05, 0) is 44.0 Å². The summed E-state index contributed by atoms with van der Waals surface area (Å²) in [6.45, 7) is 2.61. The maximum atomic E-state index is 11.1. The number of ether oxygens (including phenoxy) is 2. The first kappa shape index (κ1) is 17.0. The van der Waals surface area contributed by atoms with E-state index in [-0.39, 0.29) is 18.1 Å². The summed E-state index contributed by atoms with van der Waals surface area (Å²) in [5.74, 6) is 0.422. The van der Waals surface area contributed by atoms with Crippen LogP contribution >= 0.6 is 0 Å². The quantitative estimate of drug-likeness (QED) is 0.857. The molecule has 132 valence electrons. The average Bonchev–Trinajstić information content (AvgIpc) is 3.07. The van der Waals surface area contributed by atoms with E-state index >= 15 is 0 Å². The summed E-state index contributed by atoms with van der Waals surface area (Å²) in [6.07, 6.45) is 2.87. The van der Waals surface area contributed by atoms with Gasteiger partial charge in [-0.25, -0.2) is 0 Å². The van der Waals surface area contributed by atoms with Crippen molar-refractivity contribution in [1.29, 1.82) is 0 Å². The number of nitrogens with zero attached hydrogens (tertiary/aromatic N) is 1. The summed E-state index contributed by atoms with van der Waals surface area (Å²) in [5, 5.41) is 12.4. The molecule has 6 heteroatoms. The Labute approximate surface area is 142 Å². The molecule has 0 saturated carbocycles. The van der Waals surface area contributed by atoms with Gasteiger partial charge in [0.15, 0.2) is 11.5 Å². The van der Waals surface area contributed by atoms with E-state index < -0.39 is 5.97 Å². The van der Waals surface area contributed by atoms with E-state index in [0.717, 1.165) is 37.2 Å². The third kappa shape index (κ3) is 3.82. The number of aliphatic carboxylic acids is 1. The SMILES string of the molecule is COc1cc(C2CC(C(=O)O)CN2)ccc1OC1CCN(C)CC1. The van der Waals surface area contributed by atoms with Gasteiger partial charge in [-0.1, -0.05) is 6.07 Å². The third-order valence-corrected chi connectivity index (χ3v) is 5.03. The van der Waals surface area contributed by atoms with E-state index in [9.17, 15) is 4.79 Å². The summed E-state index contributed by atoms with van der Waals surface area (Å²) in [7, 11) is 3.77. The van der Waals surface area contributed by atoms with Gasteiger partial charge in [0.25, 0.3) is 0 Å². The Morgan fingerprint density at radius 1 is 1.29 bits per heavy atom. The highest BCUT2D eigenvalue weighted by Gasteiger charge is 2.30. The van der Waals surface area contributed by atoms with Gasteiger partial charge in [0.05, 0.1) is 13.0 Å². The van der Waals surface area contributed by atoms with Crippen LogP contribution in [0.25, 0.3) is 0 Å². The highest BCUT2D eigenvalue weighted by molar-refractivity contribution is 5.70. The van der Waals surface area contributed by atoms with Gasteiger partial charge in [-0.15, -0.1) is 0 Å². The molecule has 0 radical (unpaired) electrons. The van der Waals surface area contributed by atoms with Gasteiger partial charge in [-0.3, -0.25) is 4.79 Å². The number of methoxy groups -OCH3 is 1. The fourth-order valence-electron chi connectivity index (χ4n) is 3.46. The first-order valence-corrected chi connectivity index (χ1v) is 8.56. The minimum absolute atomic E-state index is 0.0531. The molecule has 1 aromatic carbocycles. The number of benzene rings is 1. The lowest BCUT2D eigenvalue weighted by molar-refractivity contribution is -0.141. The molecule has 2 aliphatic rings. The summed E-state index contributed by atoms with van der Waals surface area (Å²) in [6, 6.07) is 5.97. The van der Waals surface area contributed by atoms with Crippen molar-refractivity contribution in [1.82, 2.24) is 10.2 Å². The lowest BCUT2D eigenvalue weighted by atomic mass is 10.00. The van der Waals surface area contributed by atoms with Crippen LogP contribution in [0.4, 0.5) is 0 Å². The molecular weight excluding hydrogens is 308 g/mol. The van der Waals surface area contributed by atoms with Crippen molar-refractivity contribution in [2.75, 3.05) is 33.8 Å². The normalized spacial score (nSPS) is 25.6. The van der Waals surface area contributed by atoms with Gasteiger partial charge in [0, 0.05) is 25.7 Å². The Morgan fingerprint density at radius 2 is 2.04 bits per heavy atom. The second-order valence-electron chi connectivity index (χ2n) is 6.76. The number of hydrogen-bond donors (Lipinski definition) is 2. The third-order valence-electron chi connectivity index (χ3n) is 5.03. The van der Waals surface area contributed by atoms with Crippen LogP contribution in [0.2, 0.25) is 0 Å². The Balaban J connectivity index is 1.68. The maximum Gasteiger partial charge on any atom is 0.307 e. The molecule has 3 rings (SSSR count). The highest BCUT2D eigenvalue weighted by atomic mass is 16.5. The number of likely N-dealkylation sites (tertiary alicyclic amines) is 1. The number of carbonyl (C=O) groups is 1. The fourth-order valence-corrected chi connectivity index (χ4v) is 3.46. The molecule has 2 N–H and O–H groups in total. The Bertz CT molecular complexity index is 584. The monoisotopic (exact) mass is 334 g/mol. The van der Waals surface area contributed by atoms with Crippen LogP contribution in [-0.4, -0.2) is 55.9 Å². The molecule has 0 aliphatic carbocycles. The summed E-state index contributed by atoms with van der Waals surface area (Å²) >= 11 is 0. The number of nitrogens with one attached hydrogen (secondary N) is 1. The second kappa shape index (κ2) is 7.40. The van der Waals surface area contributed by atoms with E-state index in [2.05, 4.69) is 17.3 Å². The van der Waals surface area contributed by atoms with Crippen molar-refractivity contribution >= 4 is 5.97 Å². The zero-order valence-electron chi connectivity index (χ0n) is 14.3. The molecule has 2 heterocycles. The zero-order valence-corrected chi connectivity index (χ0v) is 14.3. The van der Waals surface area contributed by atoms with E-state index in [1.807, 2.05) is 18.2 Å². The largest absolute Gasteiger partial charge is 0.493 e. The molecule has 0 amide bonds. The molecule has 24 heavy (non-hydrogen) atoms. The molecule has 0 spiro atoms. The summed E-state index contributed by atoms with van der Waals surface area (Å²) in [5.41, 5.74) is 1.05. The van der Waals surface area contributed by atoms with E-state index in [0.29, 0.717) is 18.7 Å². The van der Waals surface area contributed by atoms with Crippen molar-refractivity contribution in [3.8, 4) is 11.5 Å². The average molecular weight is 334 g/mol. The van der Waals surface area contributed by atoms with E-state index in [1.165, 1.54) is 0 Å². The van der Waals surface area contributed by atoms with Crippen LogP contribution < -0.4 is 14.8 Å². The molecule has 2 saturated heterocycles. The highest BCUT2D eigenvalue weighted by Crippen LogP contribution is 2.35.